The maximum atomic E-state index is 11.6. The van der Waals surface area contributed by atoms with E-state index in [9.17, 15) is 9.59 Å². The van der Waals surface area contributed by atoms with Gasteiger partial charge >= 0.3 is 0 Å². The summed E-state index contributed by atoms with van der Waals surface area (Å²) in [6, 6.07) is 4.89. The van der Waals surface area contributed by atoms with Gasteiger partial charge in [0, 0.05) is 11.9 Å². The average molecular weight is 357 g/mol. The third-order valence-corrected chi connectivity index (χ3v) is 4.21. The van der Waals surface area contributed by atoms with Crippen LogP contribution in [-0.4, -0.2) is 32.8 Å². The van der Waals surface area contributed by atoms with Crippen molar-refractivity contribution in [1.29, 1.82) is 0 Å². The fourth-order valence-corrected chi connectivity index (χ4v) is 2.78. The Kier molecular flexibility index (Phi) is 4.44. The number of thiazole rings is 1. The highest BCUT2D eigenvalue weighted by molar-refractivity contribution is 7.16. The van der Waals surface area contributed by atoms with Gasteiger partial charge in [0.05, 0.1) is 15.7 Å². The Morgan fingerprint density at radius 2 is 2.04 bits per heavy atom. The number of carbonyl (C=O) groups is 2. The lowest BCUT2D eigenvalue weighted by Crippen LogP contribution is -2.33. The highest BCUT2D eigenvalue weighted by Gasteiger charge is 2.15. The molecule has 0 spiro atoms. The fraction of sp³-hybridized carbons (Fsp3) is 0.133. The number of amides is 2. The van der Waals surface area contributed by atoms with Gasteiger partial charge in [-0.05, 0) is 25.1 Å². The summed E-state index contributed by atoms with van der Waals surface area (Å²) in [5.41, 5.74) is 14.1. The van der Waals surface area contributed by atoms with Crippen molar-refractivity contribution in [1.82, 2.24) is 15.0 Å². The SMILES string of the molecule is CC(Nc1ncc(C(N)=O)c(Nc2ccc3ncsc3c2)n1)C(N)=O. The highest BCUT2D eigenvalue weighted by atomic mass is 32.1. The maximum absolute atomic E-state index is 11.6. The van der Waals surface area contributed by atoms with Crippen molar-refractivity contribution in [3.8, 4) is 0 Å². The second-order valence-corrected chi connectivity index (χ2v) is 6.13. The molecular weight excluding hydrogens is 342 g/mol. The van der Waals surface area contributed by atoms with Crippen LogP contribution in [0.25, 0.3) is 10.2 Å². The van der Waals surface area contributed by atoms with Crippen LogP contribution in [0.2, 0.25) is 0 Å². The van der Waals surface area contributed by atoms with Crippen LogP contribution in [0.5, 0.6) is 0 Å². The van der Waals surface area contributed by atoms with Gasteiger partial charge in [-0.2, -0.15) is 4.98 Å². The lowest BCUT2D eigenvalue weighted by atomic mass is 10.2. The van der Waals surface area contributed by atoms with Crippen molar-refractivity contribution in [2.24, 2.45) is 11.5 Å². The van der Waals surface area contributed by atoms with E-state index in [0.717, 1.165) is 10.2 Å². The number of nitrogens with zero attached hydrogens (tertiary/aromatic N) is 3. The maximum Gasteiger partial charge on any atom is 0.254 e. The molecule has 0 fully saturated rings. The number of hydrogen-bond donors (Lipinski definition) is 4. The van der Waals surface area contributed by atoms with Gasteiger partial charge in [0.25, 0.3) is 5.91 Å². The van der Waals surface area contributed by atoms with Gasteiger partial charge in [-0.25, -0.2) is 9.97 Å². The first-order chi connectivity index (χ1) is 11.9. The third-order valence-electron chi connectivity index (χ3n) is 3.42. The number of fused-ring (bicyclic) bond motifs is 1. The van der Waals surface area contributed by atoms with E-state index < -0.39 is 17.9 Å². The van der Waals surface area contributed by atoms with E-state index in [1.807, 2.05) is 18.2 Å². The Labute approximate surface area is 146 Å². The Balaban J connectivity index is 1.93. The predicted molar refractivity (Wildman–Crippen MR) is 95.7 cm³/mol. The zero-order valence-corrected chi connectivity index (χ0v) is 14.0. The first-order valence-electron chi connectivity index (χ1n) is 7.27. The van der Waals surface area contributed by atoms with E-state index in [1.54, 1.807) is 12.4 Å². The first-order valence-corrected chi connectivity index (χ1v) is 8.15. The molecular formula is C15H15N7O2S. The van der Waals surface area contributed by atoms with Crippen LogP contribution in [0.15, 0.2) is 29.9 Å². The number of primary amides is 2. The summed E-state index contributed by atoms with van der Waals surface area (Å²) in [6.07, 6.45) is 1.29. The summed E-state index contributed by atoms with van der Waals surface area (Å²) >= 11 is 1.50. The topological polar surface area (TPSA) is 149 Å². The molecule has 0 aliphatic rings. The van der Waals surface area contributed by atoms with Crippen molar-refractivity contribution in [2.45, 2.75) is 13.0 Å². The molecule has 6 N–H and O–H groups in total. The smallest absolute Gasteiger partial charge is 0.254 e. The molecule has 2 amide bonds. The van der Waals surface area contributed by atoms with E-state index in [0.29, 0.717) is 5.69 Å². The lowest BCUT2D eigenvalue weighted by Gasteiger charge is -2.13. The summed E-state index contributed by atoms with van der Waals surface area (Å²) in [4.78, 5) is 35.2. The number of rotatable bonds is 6. The largest absolute Gasteiger partial charge is 0.368 e. The van der Waals surface area contributed by atoms with Crippen LogP contribution >= 0.6 is 11.3 Å². The zero-order valence-electron chi connectivity index (χ0n) is 13.2. The molecule has 0 radical (unpaired) electrons. The van der Waals surface area contributed by atoms with Crippen molar-refractivity contribution >= 4 is 50.8 Å². The molecule has 0 aliphatic carbocycles. The van der Waals surface area contributed by atoms with Gasteiger partial charge in [-0.3, -0.25) is 9.59 Å². The summed E-state index contributed by atoms with van der Waals surface area (Å²) in [5.74, 6) is -0.841. The molecule has 1 aromatic carbocycles. The summed E-state index contributed by atoms with van der Waals surface area (Å²) < 4.78 is 0.986. The number of nitrogens with two attached hydrogens (primary N) is 2. The standard InChI is InChI=1S/C15H15N7O2S/c1-7(12(16)23)20-15-18-5-9(13(17)24)14(22-15)21-8-2-3-10-11(4-8)25-6-19-10/h2-7H,1H3,(H2,16,23)(H2,17,24)(H2,18,20,21,22). The Morgan fingerprint density at radius 1 is 1.24 bits per heavy atom. The number of aromatic nitrogens is 3. The van der Waals surface area contributed by atoms with E-state index >= 15 is 0 Å². The number of hydrogen-bond acceptors (Lipinski definition) is 8. The molecule has 2 aromatic heterocycles. The predicted octanol–water partition coefficient (Wildman–Crippen LogP) is 1.21. The van der Waals surface area contributed by atoms with Crippen molar-refractivity contribution in [3.05, 3.63) is 35.5 Å². The van der Waals surface area contributed by atoms with E-state index in [-0.39, 0.29) is 17.3 Å². The molecule has 25 heavy (non-hydrogen) atoms. The van der Waals surface area contributed by atoms with Gasteiger partial charge in [0.15, 0.2) is 0 Å². The third kappa shape index (κ3) is 3.63. The van der Waals surface area contributed by atoms with Crippen LogP contribution in [0, 0.1) is 0 Å². The molecule has 0 aliphatic heterocycles. The molecule has 10 heteroatoms. The number of anilines is 3. The van der Waals surface area contributed by atoms with Gasteiger partial charge in [-0.15, -0.1) is 11.3 Å². The van der Waals surface area contributed by atoms with Crippen LogP contribution < -0.4 is 22.1 Å². The minimum Gasteiger partial charge on any atom is -0.368 e. The zero-order chi connectivity index (χ0) is 18.0. The number of carbonyl (C=O) groups excluding carboxylic acids is 2. The summed E-state index contributed by atoms with van der Waals surface area (Å²) in [6.45, 7) is 1.58. The van der Waals surface area contributed by atoms with Gasteiger partial charge < -0.3 is 22.1 Å². The van der Waals surface area contributed by atoms with Crippen LogP contribution in [0.3, 0.4) is 0 Å². The van der Waals surface area contributed by atoms with Gasteiger partial charge in [-0.1, -0.05) is 0 Å². The van der Waals surface area contributed by atoms with Crippen LogP contribution in [0.1, 0.15) is 17.3 Å². The second kappa shape index (κ2) is 6.69. The van der Waals surface area contributed by atoms with E-state index in [4.69, 9.17) is 11.5 Å². The fourth-order valence-electron chi connectivity index (χ4n) is 2.06. The van der Waals surface area contributed by atoms with Crippen molar-refractivity contribution in [3.63, 3.8) is 0 Å². The lowest BCUT2D eigenvalue weighted by molar-refractivity contribution is -0.118. The number of nitrogens with one attached hydrogen (secondary N) is 2. The molecule has 0 saturated heterocycles. The molecule has 1 unspecified atom stereocenters. The first kappa shape index (κ1) is 16.6. The second-order valence-electron chi connectivity index (χ2n) is 5.25. The van der Waals surface area contributed by atoms with Crippen LogP contribution in [-0.2, 0) is 4.79 Å². The summed E-state index contributed by atoms with van der Waals surface area (Å²) in [7, 11) is 0. The number of benzene rings is 1. The summed E-state index contributed by atoms with van der Waals surface area (Å²) in [5, 5.41) is 5.81. The molecule has 3 aromatic rings. The Morgan fingerprint density at radius 3 is 2.76 bits per heavy atom. The monoisotopic (exact) mass is 357 g/mol. The van der Waals surface area contributed by atoms with Crippen molar-refractivity contribution in [2.75, 3.05) is 10.6 Å². The molecule has 9 nitrogen and oxygen atoms in total. The molecule has 1 atom stereocenters. The molecule has 128 valence electrons. The molecule has 0 saturated carbocycles. The van der Waals surface area contributed by atoms with E-state index in [2.05, 4.69) is 25.6 Å². The normalized spacial score (nSPS) is 11.9. The molecule has 2 heterocycles. The van der Waals surface area contributed by atoms with Gasteiger partial charge in [0.2, 0.25) is 11.9 Å². The highest BCUT2D eigenvalue weighted by Crippen LogP contribution is 2.25. The minimum atomic E-state index is -0.670. The quantitative estimate of drug-likeness (QED) is 0.518. The van der Waals surface area contributed by atoms with E-state index in [1.165, 1.54) is 17.5 Å². The van der Waals surface area contributed by atoms with Crippen LogP contribution in [0.4, 0.5) is 17.5 Å². The minimum absolute atomic E-state index is 0.127. The van der Waals surface area contributed by atoms with Gasteiger partial charge in [0.1, 0.15) is 17.4 Å². The van der Waals surface area contributed by atoms with Crippen molar-refractivity contribution < 1.29 is 9.59 Å². The Bertz CT molecular complexity index is 956. The Hall–Kier alpha value is -3.27. The molecule has 0 bridgehead atoms. The molecule has 3 rings (SSSR count). The average Bonchev–Trinajstić information content (AvgIpc) is 3.02.